The molecule has 0 nitrogen and oxygen atoms in total. The summed E-state index contributed by atoms with van der Waals surface area (Å²) in [6, 6.07) is 0. The minimum atomic E-state index is 0.880. The van der Waals surface area contributed by atoms with E-state index in [1.807, 2.05) is 0 Å². The predicted molar refractivity (Wildman–Crippen MR) is 53.3 cm³/mol. The summed E-state index contributed by atoms with van der Waals surface area (Å²) in [4.78, 5) is 0. The molecule has 5 aliphatic rings. The fourth-order valence-corrected chi connectivity index (χ4v) is 6.32. The molecule has 5 fully saturated rings. The second-order valence-corrected chi connectivity index (χ2v) is 6.51. The first kappa shape index (κ1) is 7.31. The smallest absolute Gasteiger partial charge is 0.0212 e. The molecule has 0 N–H and O–H groups in total. The van der Waals surface area contributed by atoms with Gasteiger partial charge in [-0.15, -0.1) is 0 Å². The Hall–Kier alpha value is 0. The maximum absolute atomic E-state index is 2.47. The van der Waals surface area contributed by atoms with Gasteiger partial charge < -0.3 is 0 Å². The highest BCUT2D eigenvalue weighted by atomic mass is 14.8. The Bertz CT molecular complexity index is 267. The molecule has 5 atom stereocenters. The van der Waals surface area contributed by atoms with Gasteiger partial charge in [0.2, 0.25) is 0 Å². The van der Waals surface area contributed by atoms with Gasteiger partial charge in [-0.05, 0) is 73.5 Å². The molecule has 0 aromatic rings. The number of hydrogen-bond acceptors (Lipinski definition) is 0. The quantitative estimate of drug-likeness (QED) is 0.572. The summed E-state index contributed by atoms with van der Waals surface area (Å²) >= 11 is 0. The van der Waals surface area contributed by atoms with Crippen molar-refractivity contribution in [3.63, 3.8) is 0 Å². The largest absolute Gasteiger partial charge is 0.0648 e. The predicted octanol–water partition coefficient (Wildman–Crippen LogP) is 3.61. The van der Waals surface area contributed by atoms with E-state index in [1.165, 1.54) is 18.3 Å². The van der Waals surface area contributed by atoms with Crippen molar-refractivity contribution in [1.82, 2.24) is 0 Å². The summed E-state index contributed by atoms with van der Waals surface area (Å²) in [7, 11) is 0. The van der Waals surface area contributed by atoms with Gasteiger partial charge in [0, 0.05) is 0 Å². The first-order chi connectivity index (χ1) is 6.28. The molecule has 4 bridgehead atoms. The van der Waals surface area contributed by atoms with E-state index >= 15 is 0 Å². The van der Waals surface area contributed by atoms with Crippen LogP contribution >= 0.6 is 0 Å². The molecular weight excluding hydrogens is 156 g/mol. The molecular formula is C13H20. The number of fused-ring (bicyclic) bond motifs is 1. The lowest BCUT2D eigenvalue weighted by atomic mass is 9.37. The van der Waals surface area contributed by atoms with Crippen LogP contribution in [0.1, 0.15) is 51.9 Å². The van der Waals surface area contributed by atoms with Crippen LogP contribution in [0, 0.1) is 28.6 Å². The summed E-state index contributed by atoms with van der Waals surface area (Å²) in [6.07, 6.45) is 11.3. The van der Waals surface area contributed by atoms with Gasteiger partial charge in [0.1, 0.15) is 0 Å². The van der Waals surface area contributed by atoms with Crippen LogP contribution in [0.4, 0.5) is 0 Å². The first-order valence-corrected chi connectivity index (χ1v) is 6.28. The molecule has 5 saturated carbocycles. The minimum Gasteiger partial charge on any atom is -0.0648 e. The maximum atomic E-state index is 2.47. The van der Waals surface area contributed by atoms with Crippen molar-refractivity contribution < 1.29 is 0 Å². The van der Waals surface area contributed by atoms with Crippen LogP contribution in [0.3, 0.4) is 0 Å². The minimum absolute atomic E-state index is 0.880. The Labute approximate surface area is 81.1 Å². The lowest BCUT2D eigenvalue weighted by Gasteiger charge is -2.67. The van der Waals surface area contributed by atoms with E-state index in [0.29, 0.717) is 0 Å². The van der Waals surface area contributed by atoms with Gasteiger partial charge in [-0.1, -0.05) is 6.92 Å². The van der Waals surface area contributed by atoms with E-state index in [0.717, 1.165) is 16.7 Å². The maximum Gasteiger partial charge on any atom is -0.0212 e. The topological polar surface area (TPSA) is 0 Å². The molecule has 0 heterocycles. The zero-order chi connectivity index (χ0) is 8.68. The fraction of sp³-hybridized carbons (Fsp3) is 1.00. The third-order valence-electron chi connectivity index (χ3n) is 6.40. The molecule has 13 heavy (non-hydrogen) atoms. The van der Waals surface area contributed by atoms with E-state index in [1.54, 1.807) is 38.5 Å². The van der Waals surface area contributed by atoms with Crippen molar-refractivity contribution in [1.29, 1.82) is 0 Å². The zero-order valence-electron chi connectivity index (χ0n) is 8.68. The van der Waals surface area contributed by atoms with Gasteiger partial charge in [-0.3, -0.25) is 0 Å². The standard InChI is InChI=1S/C13H20/c1-2-13-7-10-3-9-4-11(13)8-12(13,5-9)6-10/h9-11H,2-8H2,1H3. The van der Waals surface area contributed by atoms with E-state index in [2.05, 4.69) is 6.92 Å². The van der Waals surface area contributed by atoms with Gasteiger partial charge in [0.25, 0.3) is 0 Å². The summed E-state index contributed by atoms with van der Waals surface area (Å²) in [5.74, 6) is 3.50. The molecule has 0 aromatic heterocycles. The van der Waals surface area contributed by atoms with Gasteiger partial charge in [-0.2, -0.15) is 0 Å². The molecule has 5 aliphatic carbocycles. The molecule has 0 aromatic carbocycles. The SMILES string of the molecule is CCC12CC3CC4CC1CC2(C4)C3. The lowest BCUT2D eigenvalue weighted by molar-refractivity contribution is -0.183. The molecule has 0 heteroatoms. The van der Waals surface area contributed by atoms with Crippen molar-refractivity contribution in [3.8, 4) is 0 Å². The molecule has 0 amide bonds. The van der Waals surface area contributed by atoms with E-state index < -0.39 is 0 Å². The van der Waals surface area contributed by atoms with Gasteiger partial charge in [0.15, 0.2) is 0 Å². The van der Waals surface area contributed by atoms with Gasteiger partial charge in [-0.25, -0.2) is 0 Å². The highest BCUT2D eigenvalue weighted by Gasteiger charge is 2.72. The molecule has 5 unspecified atom stereocenters. The van der Waals surface area contributed by atoms with Crippen LogP contribution in [0.25, 0.3) is 0 Å². The Morgan fingerprint density at radius 1 is 1.00 bits per heavy atom. The average Bonchev–Trinajstić information content (AvgIpc) is 2.21. The lowest BCUT2D eigenvalue weighted by Crippen LogP contribution is -2.59. The first-order valence-electron chi connectivity index (χ1n) is 6.28. The summed E-state index contributed by atoms with van der Waals surface area (Å²) in [6.45, 7) is 2.47. The van der Waals surface area contributed by atoms with Crippen molar-refractivity contribution in [2.45, 2.75) is 51.9 Å². The van der Waals surface area contributed by atoms with Crippen molar-refractivity contribution >= 4 is 0 Å². The molecule has 0 aliphatic heterocycles. The summed E-state index contributed by atoms with van der Waals surface area (Å²) < 4.78 is 0. The second-order valence-electron chi connectivity index (χ2n) is 6.51. The monoisotopic (exact) mass is 176 g/mol. The molecule has 72 valence electrons. The second kappa shape index (κ2) is 1.85. The molecule has 5 rings (SSSR count). The summed E-state index contributed by atoms with van der Waals surface area (Å²) in [5.41, 5.74) is 1.78. The van der Waals surface area contributed by atoms with E-state index in [4.69, 9.17) is 0 Å². The normalized spacial score (nSPS) is 66.7. The number of rotatable bonds is 1. The van der Waals surface area contributed by atoms with Crippen LogP contribution < -0.4 is 0 Å². The molecule has 0 radical (unpaired) electrons. The molecule has 1 spiro atoms. The van der Waals surface area contributed by atoms with Gasteiger partial charge >= 0.3 is 0 Å². The Kier molecular flexibility index (Phi) is 1.04. The van der Waals surface area contributed by atoms with Crippen LogP contribution in [0.15, 0.2) is 0 Å². The van der Waals surface area contributed by atoms with Crippen molar-refractivity contribution in [3.05, 3.63) is 0 Å². The zero-order valence-corrected chi connectivity index (χ0v) is 8.68. The average molecular weight is 176 g/mol. The van der Waals surface area contributed by atoms with Crippen molar-refractivity contribution in [2.75, 3.05) is 0 Å². The molecule has 0 saturated heterocycles. The van der Waals surface area contributed by atoms with Crippen LogP contribution in [0.5, 0.6) is 0 Å². The highest BCUT2D eigenvalue weighted by molar-refractivity contribution is 5.22. The third kappa shape index (κ3) is 0.567. The van der Waals surface area contributed by atoms with Crippen molar-refractivity contribution in [2.24, 2.45) is 28.6 Å². The Morgan fingerprint density at radius 3 is 2.69 bits per heavy atom. The van der Waals surface area contributed by atoms with Crippen LogP contribution in [-0.4, -0.2) is 0 Å². The third-order valence-corrected chi connectivity index (χ3v) is 6.40. The Morgan fingerprint density at radius 2 is 1.85 bits per heavy atom. The van der Waals surface area contributed by atoms with Gasteiger partial charge in [0.05, 0.1) is 0 Å². The van der Waals surface area contributed by atoms with E-state index in [-0.39, 0.29) is 0 Å². The van der Waals surface area contributed by atoms with Crippen LogP contribution in [-0.2, 0) is 0 Å². The fourth-order valence-electron chi connectivity index (χ4n) is 6.32. The van der Waals surface area contributed by atoms with E-state index in [9.17, 15) is 0 Å². The Balaban J connectivity index is 1.88. The highest BCUT2D eigenvalue weighted by Crippen LogP contribution is 2.81. The summed E-state index contributed by atoms with van der Waals surface area (Å²) in [5, 5.41) is 0. The van der Waals surface area contributed by atoms with Crippen LogP contribution in [0.2, 0.25) is 0 Å². The number of hydrogen-bond donors (Lipinski definition) is 0.